The van der Waals surface area contributed by atoms with Crippen molar-refractivity contribution < 1.29 is 9.13 Å². The largest absolute Gasteiger partial charge is 0.490 e. The third-order valence-electron chi connectivity index (χ3n) is 4.41. The van der Waals surface area contributed by atoms with Gasteiger partial charge in [-0.25, -0.2) is 4.39 Å². The zero-order chi connectivity index (χ0) is 18.4. The molecular weight excluding hydrogens is 323 g/mol. The zero-order valence-corrected chi connectivity index (χ0v) is 15.0. The van der Waals surface area contributed by atoms with E-state index in [2.05, 4.69) is 18.7 Å². The van der Waals surface area contributed by atoms with Gasteiger partial charge in [0.15, 0.2) is 0 Å². The Bertz CT molecular complexity index is 923. The lowest BCUT2D eigenvalue weighted by Crippen LogP contribution is -1.94. The number of allylic oxidation sites excluding steroid dienone is 2. The summed E-state index contributed by atoms with van der Waals surface area (Å²) in [5, 5.41) is 1.45. The van der Waals surface area contributed by atoms with Crippen LogP contribution >= 0.6 is 0 Å². The van der Waals surface area contributed by atoms with Gasteiger partial charge in [-0.1, -0.05) is 54.6 Å². The topological polar surface area (TPSA) is 9.23 Å². The molecule has 2 heteroatoms. The molecular formula is C24H23FO. The Labute approximate surface area is 154 Å². The van der Waals surface area contributed by atoms with Crippen molar-refractivity contribution in [1.29, 1.82) is 0 Å². The number of rotatable bonds is 7. The minimum absolute atomic E-state index is 0.193. The Morgan fingerprint density at radius 1 is 1.04 bits per heavy atom. The molecule has 0 saturated heterocycles. The minimum Gasteiger partial charge on any atom is -0.490 e. The number of halogens is 1. The molecule has 0 aliphatic carbocycles. The van der Waals surface area contributed by atoms with Gasteiger partial charge in [0.1, 0.15) is 18.2 Å². The van der Waals surface area contributed by atoms with Gasteiger partial charge in [0.05, 0.1) is 0 Å². The van der Waals surface area contributed by atoms with E-state index in [4.69, 9.17) is 4.74 Å². The van der Waals surface area contributed by atoms with Crippen molar-refractivity contribution in [2.24, 2.45) is 0 Å². The van der Waals surface area contributed by atoms with E-state index in [0.29, 0.717) is 17.6 Å². The average molecular weight is 346 g/mol. The van der Waals surface area contributed by atoms with Crippen LogP contribution in [0.2, 0.25) is 0 Å². The Hall–Kier alpha value is -2.87. The Morgan fingerprint density at radius 3 is 2.58 bits per heavy atom. The van der Waals surface area contributed by atoms with Crippen LogP contribution in [0.25, 0.3) is 21.9 Å². The van der Waals surface area contributed by atoms with Gasteiger partial charge in [0.25, 0.3) is 0 Å². The molecule has 0 saturated carbocycles. The van der Waals surface area contributed by atoms with Crippen LogP contribution in [-0.4, -0.2) is 6.61 Å². The summed E-state index contributed by atoms with van der Waals surface area (Å²) in [6.07, 6.45) is 7.69. The van der Waals surface area contributed by atoms with Crippen LogP contribution in [0.3, 0.4) is 0 Å². The molecule has 0 fully saturated rings. The van der Waals surface area contributed by atoms with Crippen molar-refractivity contribution in [3.05, 3.63) is 90.8 Å². The van der Waals surface area contributed by atoms with Crippen LogP contribution < -0.4 is 4.74 Å². The maximum absolute atomic E-state index is 15.0. The highest BCUT2D eigenvalue weighted by Crippen LogP contribution is 2.31. The van der Waals surface area contributed by atoms with Gasteiger partial charge in [-0.3, -0.25) is 0 Å². The molecule has 26 heavy (non-hydrogen) atoms. The summed E-state index contributed by atoms with van der Waals surface area (Å²) in [6, 6.07) is 17.3. The van der Waals surface area contributed by atoms with E-state index in [1.165, 1.54) is 5.56 Å². The lowest BCUT2D eigenvalue weighted by atomic mass is 9.98. The molecule has 0 aliphatic rings. The summed E-state index contributed by atoms with van der Waals surface area (Å²) in [6.45, 7) is 6.21. The zero-order valence-electron chi connectivity index (χ0n) is 15.0. The SMILES string of the molecule is C=CCCc1ccc(-c2ccc3cc(OCC=CC)ccc3c2F)cc1. The molecule has 0 spiro atoms. The normalized spacial score (nSPS) is 11.2. The first-order chi connectivity index (χ1) is 12.7. The van der Waals surface area contributed by atoms with Crippen LogP contribution in [0.1, 0.15) is 18.9 Å². The highest BCUT2D eigenvalue weighted by Gasteiger charge is 2.10. The third kappa shape index (κ3) is 4.02. The Morgan fingerprint density at radius 2 is 1.85 bits per heavy atom. The number of hydrogen-bond acceptors (Lipinski definition) is 1. The molecule has 0 bridgehead atoms. The lowest BCUT2D eigenvalue weighted by molar-refractivity contribution is 0.363. The molecule has 0 aromatic heterocycles. The molecule has 3 aromatic rings. The van der Waals surface area contributed by atoms with E-state index in [-0.39, 0.29) is 5.82 Å². The number of ether oxygens (including phenoxy) is 1. The third-order valence-corrected chi connectivity index (χ3v) is 4.41. The molecule has 3 aromatic carbocycles. The lowest BCUT2D eigenvalue weighted by Gasteiger charge is -2.10. The van der Waals surface area contributed by atoms with Crippen molar-refractivity contribution in [3.8, 4) is 16.9 Å². The summed E-state index contributed by atoms with van der Waals surface area (Å²) in [5.74, 6) is 0.552. The van der Waals surface area contributed by atoms with Gasteiger partial charge in [-0.15, -0.1) is 6.58 Å². The van der Waals surface area contributed by atoms with Gasteiger partial charge in [0.2, 0.25) is 0 Å². The monoisotopic (exact) mass is 346 g/mol. The van der Waals surface area contributed by atoms with Crippen molar-refractivity contribution in [3.63, 3.8) is 0 Å². The first kappa shape index (κ1) is 17.9. The van der Waals surface area contributed by atoms with Crippen LogP contribution in [-0.2, 0) is 6.42 Å². The number of aryl methyl sites for hydroxylation is 1. The molecule has 0 heterocycles. The smallest absolute Gasteiger partial charge is 0.138 e. The number of fused-ring (bicyclic) bond motifs is 1. The molecule has 0 radical (unpaired) electrons. The molecule has 3 rings (SSSR count). The Kier molecular flexibility index (Phi) is 5.85. The second-order valence-corrected chi connectivity index (χ2v) is 6.21. The van der Waals surface area contributed by atoms with Crippen LogP contribution in [0.15, 0.2) is 79.4 Å². The molecule has 0 N–H and O–H groups in total. The molecule has 132 valence electrons. The Balaban J connectivity index is 1.89. The molecule has 0 atom stereocenters. The molecule has 0 unspecified atom stereocenters. The highest BCUT2D eigenvalue weighted by atomic mass is 19.1. The predicted molar refractivity (Wildman–Crippen MR) is 108 cm³/mol. The summed E-state index contributed by atoms with van der Waals surface area (Å²) in [7, 11) is 0. The fourth-order valence-corrected chi connectivity index (χ4v) is 2.94. The van der Waals surface area contributed by atoms with Gasteiger partial charge < -0.3 is 4.74 Å². The van der Waals surface area contributed by atoms with E-state index < -0.39 is 0 Å². The van der Waals surface area contributed by atoms with Crippen molar-refractivity contribution in [2.75, 3.05) is 6.61 Å². The van der Waals surface area contributed by atoms with Gasteiger partial charge in [-0.05, 0) is 54.5 Å². The maximum Gasteiger partial charge on any atom is 0.138 e. The standard InChI is InChI=1S/C24H23FO/c1-3-5-7-18-8-10-19(11-9-18)22-14-12-20-17-21(26-16-6-4-2)13-15-23(20)24(22)25/h3-4,6,8-15,17H,1,5,7,16H2,2H3. The van der Waals surface area contributed by atoms with Gasteiger partial charge >= 0.3 is 0 Å². The maximum atomic E-state index is 15.0. The van der Waals surface area contributed by atoms with Crippen LogP contribution in [0.5, 0.6) is 5.75 Å². The fourth-order valence-electron chi connectivity index (χ4n) is 2.94. The minimum atomic E-state index is -0.193. The quantitative estimate of drug-likeness (QED) is 0.431. The van der Waals surface area contributed by atoms with E-state index in [9.17, 15) is 0 Å². The van der Waals surface area contributed by atoms with Crippen molar-refractivity contribution in [2.45, 2.75) is 19.8 Å². The summed E-state index contributed by atoms with van der Waals surface area (Å²) >= 11 is 0. The van der Waals surface area contributed by atoms with Gasteiger partial charge in [0, 0.05) is 10.9 Å². The summed E-state index contributed by atoms with van der Waals surface area (Å²) < 4.78 is 20.7. The summed E-state index contributed by atoms with van der Waals surface area (Å²) in [5.41, 5.74) is 2.74. The van der Waals surface area contributed by atoms with E-state index in [1.54, 1.807) is 6.07 Å². The molecule has 0 aliphatic heterocycles. The number of hydrogen-bond donors (Lipinski definition) is 0. The van der Waals surface area contributed by atoms with E-state index in [0.717, 1.165) is 29.5 Å². The highest BCUT2D eigenvalue weighted by molar-refractivity contribution is 5.89. The summed E-state index contributed by atoms with van der Waals surface area (Å²) in [4.78, 5) is 0. The average Bonchev–Trinajstić information content (AvgIpc) is 2.67. The van der Waals surface area contributed by atoms with Crippen LogP contribution in [0.4, 0.5) is 4.39 Å². The predicted octanol–water partition coefficient (Wildman–Crippen LogP) is 6.72. The van der Waals surface area contributed by atoms with Crippen molar-refractivity contribution in [1.82, 2.24) is 0 Å². The van der Waals surface area contributed by atoms with E-state index >= 15 is 4.39 Å². The first-order valence-electron chi connectivity index (χ1n) is 8.89. The molecule has 1 nitrogen and oxygen atoms in total. The van der Waals surface area contributed by atoms with E-state index in [1.807, 2.05) is 61.5 Å². The van der Waals surface area contributed by atoms with Crippen molar-refractivity contribution >= 4 is 10.8 Å². The van der Waals surface area contributed by atoms with Gasteiger partial charge in [-0.2, -0.15) is 0 Å². The first-order valence-corrected chi connectivity index (χ1v) is 8.89. The fraction of sp³-hybridized carbons (Fsp3) is 0.167. The second kappa shape index (κ2) is 8.48. The second-order valence-electron chi connectivity index (χ2n) is 6.21. The molecule has 0 amide bonds. The number of benzene rings is 3. The van der Waals surface area contributed by atoms with Crippen LogP contribution in [0, 0.1) is 5.82 Å².